The third-order valence-corrected chi connectivity index (χ3v) is 3.05. The van der Waals surface area contributed by atoms with Gasteiger partial charge in [0.05, 0.1) is 0 Å². The Kier molecular flexibility index (Phi) is 2.96. The van der Waals surface area contributed by atoms with Crippen molar-refractivity contribution in [3.63, 3.8) is 0 Å². The summed E-state index contributed by atoms with van der Waals surface area (Å²) in [6.45, 7) is 0.0983. The molecule has 92 valence electrons. The molecule has 2 amide bonds. The number of alkyl halides is 3. The summed E-state index contributed by atoms with van der Waals surface area (Å²) in [4.78, 5) is 13.2. The minimum absolute atomic E-state index is 0.0481. The Morgan fingerprint density at radius 1 is 1.31 bits per heavy atom. The average Bonchev–Trinajstić information content (AvgIpc) is 2.44. The van der Waals surface area contributed by atoms with Crippen LogP contribution in [0.1, 0.15) is 12.8 Å². The zero-order valence-corrected chi connectivity index (χ0v) is 8.68. The van der Waals surface area contributed by atoms with E-state index < -0.39 is 18.8 Å². The Labute approximate surface area is 91.2 Å². The molecule has 2 aliphatic rings. The third-order valence-electron chi connectivity index (χ3n) is 3.05. The van der Waals surface area contributed by atoms with E-state index in [1.807, 2.05) is 5.32 Å². The summed E-state index contributed by atoms with van der Waals surface area (Å²) < 4.78 is 35.8. The molecule has 2 unspecified atom stereocenters. The molecule has 0 spiro atoms. The molecular weight excluding hydrogens is 223 g/mol. The van der Waals surface area contributed by atoms with E-state index in [4.69, 9.17) is 0 Å². The largest absolute Gasteiger partial charge is 0.405 e. The molecule has 2 saturated heterocycles. The molecule has 0 radical (unpaired) electrons. The molecule has 2 heterocycles. The van der Waals surface area contributed by atoms with Gasteiger partial charge in [-0.1, -0.05) is 0 Å². The SMILES string of the molecule is O=C(NCC(F)(F)F)N1C2CCC1CNC2. The maximum Gasteiger partial charge on any atom is 0.405 e. The van der Waals surface area contributed by atoms with Crippen LogP contribution in [0.2, 0.25) is 0 Å². The Hall–Kier alpha value is -0.980. The zero-order valence-electron chi connectivity index (χ0n) is 8.68. The molecule has 2 N–H and O–H groups in total. The van der Waals surface area contributed by atoms with Gasteiger partial charge in [0.15, 0.2) is 0 Å². The first kappa shape index (κ1) is 11.5. The smallest absolute Gasteiger partial charge is 0.329 e. The van der Waals surface area contributed by atoms with Crippen molar-refractivity contribution >= 4 is 6.03 Å². The quantitative estimate of drug-likeness (QED) is 0.705. The lowest BCUT2D eigenvalue weighted by Gasteiger charge is -2.35. The van der Waals surface area contributed by atoms with Gasteiger partial charge in [0.25, 0.3) is 0 Å². The second-order valence-electron chi connectivity index (χ2n) is 4.22. The molecule has 4 nitrogen and oxygen atoms in total. The monoisotopic (exact) mass is 237 g/mol. The molecule has 2 fully saturated rings. The predicted molar refractivity (Wildman–Crippen MR) is 51.0 cm³/mol. The topological polar surface area (TPSA) is 44.4 Å². The van der Waals surface area contributed by atoms with E-state index >= 15 is 0 Å². The summed E-state index contributed by atoms with van der Waals surface area (Å²) in [5, 5.41) is 5.09. The van der Waals surface area contributed by atoms with E-state index in [1.165, 1.54) is 0 Å². The number of rotatable bonds is 1. The fourth-order valence-corrected chi connectivity index (χ4v) is 2.38. The molecule has 16 heavy (non-hydrogen) atoms. The number of nitrogens with zero attached hydrogens (tertiary/aromatic N) is 1. The Morgan fingerprint density at radius 2 is 1.88 bits per heavy atom. The van der Waals surface area contributed by atoms with Crippen LogP contribution < -0.4 is 10.6 Å². The first-order valence-corrected chi connectivity index (χ1v) is 5.31. The number of amides is 2. The van der Waals surface area contributed by atoms with Crippen LogP contribution in [0.25, 0.3) is 0 Å². The second-order valence-corrected chi connectivity index (χ2v) is 4.22. The summed E-state index contributed by atoms with van der Waals surface area (Å²) in [6, 6.07) is -0.495. The molecule has 0 saturated carbocycles. The molecule has 7 heteroatoms. The normalized spacial score (nSPS) is 29.3. The van der Waals surface area contributed by atoms with Gasteiger partial charge in [0.2, 0.25) is 0 Å². The minimum atomic E-state index is -4.34. The number of urea groups is 1. The summed E-state index contributed by atoms with van der Waals surface area (Å²) >= 11 is 0. The molecular formula is C9H14F3N3O. The standard InChI is InChI=1S/C9H14F3N3O/c10-9(11,12)5-14-8(16)15-6-1-2-7(15)4-13-3-6/h6-7,13H,1-5H2,(H,14,16). The highest BCUT2D eigenvalue weighted by Gasteiger charge is 2.40. The van der Waals surface area contributed by atoms with Gasteiger partial charge in [0, 0.05) is 25.2 Å². The van der Waals surface area contributed by atoms with Crippen molar-refractivity contribution in [2.75, 3.05) is 19.6 Å². The first-order chi connectivity index (χ1) is 7.47. The predicted octanol–water partition coefficient (Wildman–Crippen LogP) is 0.694. The van der Waals surface area contributed by atoms with Gasteiger partial charge in [-0.15, -0.1) is 0 Å². The van der Waals surface area contributed by atoms with Crippen LogP contribution in [0.4, 0.5) is 18.0 Å². The van der Waals surface area contributed by atoms with Crippen LogP contribution in [0.5, 0.6) is 0 Å². The number of fused-ring (bicyclic) bond motifs is 2. The fraction of sp³-hybridized carbons (Fsp3) is 0.889. The van der Waals surface area contributed by atoms with Gasteiger partial charge >= 0.3 is 12.2 Å². The number of carbonyl (C=O) groups excluding carboxylic acids is 1. The molecule has 2 bridgehead atoms. The van der Waals surface area contributed by atoms with Gasteiger partial charge in [0.1, 0.15) is 6.54 Å². The number of halogens is 3. The van der Waals surface area contributed by atoms with Crippen molar-refractivity contribution in [1.29, 1.82) is 0 Å². The van der Waals surface area contributed by atoms with E-state index in [-0.39, 0.29) is 12.1 Å². The maximum atomic E-state index is 11.9. The Morgan fingerprint density at radius 3 is 2.38 bits per heavy atom. The molecule has 0 aromatic carbocycles. The van der Waals surface area contributed by atoms with E-state index in [2.05, 4.69) is 5.32 Å². The van der Waals surface area contributed by atoms with Crippen LogP contribution in [-0.2, 0) is 0 Å². The number of hydrogen-bond acceptors (Lipinski definition) is 2. The van der Waals surface area contributed by atoms with Gasteiger partial charge in [-0.05, 0) is 12.8 Å². The van der Waals surface area contributed by atoms with Crippen LogP contribution in [0.3, 0.4) is 0 Å². The van der Waals surface area contributed by atoms with Crippen LogP contribution in [-0.4, -0.2) is 48.8 Å². The number of carbonyl (C=O) groups is 1. The number of piperazine rings is 1. The second kappa shape index (κ2) is 4.12. The molecule has 0 aromatic rings. The average molecular weight is 237 g/mol. The molecule has 2 rings (SSSR count). The van der Waals surface area contributed by atoms with Crippen molar-refractivity contribution in [2.24, 2.45) is 0 Å². The van der Waals surface area contributed by atoms with Gasteiger partial charge in [-0.25, -0.2) is 4.79 Å². The lowest BCUT2D eigenvalue weighted by atomic mass is 10.2. The molecule has 2 aliphatic heterocycles. The summed E-state index contributed by atoms with van der Waals surface area (Å²) in [6.07, 6.45) is -2.60. The number of nitrogens with one attached hydrogen (secondary N) is 2. The van der Waals surface area contributed by atoms with Crippen molar-refractivity contribution in [1.82, 2.24) is 15.5 Å². The lowest BCUT2D eigenvalue weighted by Crippen LogP contribution is -2.57. The Balaban J connectivity index is 1.90. The maximum absolute atomic E-state index is 11.9. The fourth-order valence-electron chi connectivity index (χ4n) is 2.38. The van der Waals surface area contributed by atoms with Crippen LogP contribution in [0.15, 0.2) is 0 Å². The van der Waals surface area contributed by atoms with Crippen LogP contribution in [0, 0.1) is 0 Å². The van der Waals surface area contributed by atoms with E-state index in [9.17, 15) is 18.0 Å². The highest BCUT2D eigenvalue weighted by molar-refractivity contribution is 5.75. The number of hydrogen-bond donors (Lipinski definition) is 2. The molecule has 0 aromatic heterocycles. The van der Waals surface area contributed by atoms with Crippen molar-refractivity contribution in [2.45, 2.75) is 31.1 Å². The molecule has 2 atom stereocenters. The van der Waals surface area contributed by atoms with Crippen molar-refractivity contribution in [3.8, 4) is 0 Å². The van der Waals surface area contributed by atoms with E-state index in [1.54, 1.807) is 4.90 Å². The van der Waals surface area contributed by atoms with Crippen molar-refractivity contribution < 1.29 is 18.0 Å². The highest BCUT2D eigenvalue weighted by Crippen LogP contribution is 2.26. The third kappa shape index (κ3) is 2.40. The van der Waals surface area contributed by atoms with E-state index in [0.717, 1.165) is 12.8 Å². The van der Waals surface area contributed by atoms with Crippen LogP contribution >= 0.6 is 0 Å². The lowest BCUT2D eigenvalue weighted by molar-refractivity contribution is -0.123. The summed E-state index contributed by atoms with van der Waals surface area (Å²) in [5.41, 5.74) is 0. The minimum Gasteiger partial charge on any atom is -0.329 e. The van der Waals surface area contributed by atoms with Gasteiger partial charge in [-0.3, -0.25) is 0 Å². The first-order valence-electron chi connectivity index (χ1n) is 5.31. The van der Waals surface area contributed by atoms with Gasteiger partial charge < -0.3 is 15.5 Å². The van der Waals surface area contributed by atoms with Crippen molar-refractivity contribution in [3.05, 3.63) is 0 Å². The Bertz CT molecular complexity index is 266. The van der Waals surface area contributed by atoms with Gasteiger partial charge in [-0.2, -0.15) is 13.2 Å². The summed E-state index contributed by atoms with van der Waals surface area (Å²) in [5.74, 6) is 0. The highest BCUT2D eigenvalue weighted by atomic mass is 19.4. The summed E-state index contributed by atoms with van der Waals surface area (Å²) in [7, 11) is 0. The van der Waals surface area contributed by atoms with E-state index in [0.29, 0.717) is 13.1 Å². The molecule has 0 aliphatic carbocycles. The zero-order chi connectivity index (χ0) is 11.8.